The molecule has 6 heteroatoms. The molecule has 0 heterocycles. The average molecular weight is 527 g/mol. The predicted octanol–water partition coefficient (Wildman–Crippen LogP) is 7.50. The summed E-state index contributed by atoms with van der Waals surface area (Å²) in [5.41, 5.74) is 11.1. The number of nitrogen functional groups attached to an aromatic ring is 1. The summed E-state index contributed by atoms with van der Waals surface area (Å²) in [5.74, 6) is -0.815. The average Bonchev–Trinajstić information content (AvgIpc) is 2.96. The molecule has 3 aromatic carbocycles. The second-order valence-electron chi connectivity index (χ2n) is 9.81. The Morgan fingerprint density at radius 3 is 2.51 bits per heavy atom. The molecule has 3 aromatic rings. The van der Waals surface area contributed by atoms with Crippen LogP contribution >= 0.6 is 0 Å². The van der Waals surface area contributed by atoms with Crippen molar-refractivity contribution in [2.75, 3.05) is 17.7 Å². The molecule has 1 unspecified atom stereocenters. The van der Waals surface area contributed by atoms with E-state index in [-0.39, 0.29) is 11.5 Å². The first-order chi connectivity index (χ1) is 18.8. The third-order valence-corrected chi connectivity index (χ3v) is 7.31. The van der Waals surface area contributed by atoms with Gasteiger partial charge in [-0.25, -0.2) is 9.18 Å². The molecule has 4 rings (SSSR count). The molecular weight excluding hydrogens is 491 g/mol. The van der Waals surface area contributed by atoms with Gasteiger partial charge in [0.1, 0.15) is 5.82 Å². The number of hydrogen-bond donors (Lipinski definition) is 2. The first-order valence-corrected chi connectivity index (χ1v) is 13.2. The van der Waals surface area contributed by atoms with Crippen molar-refractivity contribution in [2.45, 2.75) is 38.3 Å². The molecule has 0 saturated heterocycles. The Morgan fingerprint density at radius 2 is 1.82 bits per heavy atom. The fourth-order valence-electron chi connectivity index (χ4n) is 5.09. The van der Waals surface area contributed by atoms with Crippen molar-refractivity contribution >= 4 is 29.5 Å². The molecular formula is C33H35FN2O3. The van der Waals surface area contributed by atoms with Gasteiger partial charge in [-0.3, -0.25) is 0 Å². The highest BCUT2D eigenvalue weighted by atomic mass is 19.1. The second kappa shape index (κ2) is 12.6. The summed E-state index contributed by atoms with van der Waals surface area (Å²) in [5, 5.41) is 11.6. The van der Waals surface area contributed by atoms with E-state index in [0.717, 1.165) is 48.1 Å². The lowest BCUT2D eigenvalue weighted by molar-refractivity contribution is -0.134. The van der Waals surface area contributed by atoms with Gasteiger partial charge in [0.2, 0.25) is 0 Å². The Balaban J connectivity index is 1.71. The molecule has 1 fully saturated rings. The zero-order valence-corrected chi connectivity index (χ0v) is 22.3. The fraction of sp³-hybridized carbons (Fsp3) is 0.242. The van der Waals surface area contributed by atoms with Crippen LogP contribution < -0.4 is 10.6 Å². The van der Waals surface area contributed by atoms with Gasteiger partial charge in [0.25, 0.3) is 0 Å². The lowest BCUT2D eigenvalue weighted by Gasteiger charge is -2.37. The number of methoxy groups -OCH3 is 1. The molecule has 0 radical (unpaired) electrons. The summed E-state index contributed by atoms with van der Waals surface area (Å²) in [6, 6.07) is 17.7. The number of hydrogen-bond acceptors (Lipinski definition) is 5. The Kier molecular flexibility index (Phi) is 8.99. The molecule has 5 nitrogen and oxygen atoms in total. The van der Waals surface area contributed by atoms with E-state index in [4.69, 9.17) is 10.5 Å². The number of halogens is 1. The largest absolute Gasteiger partial charge is 0.466 e. The van der Waals surface area contributed by atoms with Gasteiger partial charge < -0.3 is 20.5 Å². The van der Waals surface area contributed by atoms with Crippen LogP contribution in [0.4, 0.5) is 15.8 Å². The number of ether oxygens (including phenoxy) is 1. The smallest absolute Gasteiger partial charge is 0.330 e. The van der Waals surface area contributed by atoms with Crippen LogP contribution in [0.1, 0.15) is 55.0 Å². The van der Waals surface area contributed by atoms with Crippen LogP contribution in [-0.4, -0.2) is 18.2 Å². The van der Waals surface area contributed by atoms with E-state index in [2.05, 4.69) is 13.2 Å². The maximum atomic E-state index is 15.6. The number of nitrogens with zero attached hydrogens (tertiary/aromatic N) is 1. The molecule has 39 heavy (non-hydrogen) atoms. The molecule has 1 atom stereocenters. The molecule has 1 aliphatic carbocycles. The summed E-state index contributed by atoms with van der Waals surface area (Å²) in [6.45, 7) is 8.16. The number of anilines is 2. The lowest BCUT2D eigenvalue weighted by atomic mass is 9.86. The van der Waals surface area contributed by atoms with Crippen LogP contribution in [0.2, 0.25) is 0 Å². The van der Waals surface area contributed by atoms with Gasteiger partial charge in [0, 0.05) is 28.7 Å². The van der Waals surface area contributed by atoms with Crippen molar-refractivity contribution < 1.29 is 19.0 Å². The molecule has 202 valence electrons. The summed E-state index contributed by atoms with van der Waals surface area (Å²) >= 11 is 0. The summed E-state index contributed by atoms with van der Waals surface area (Å²) in [4.78, 5) is 13.3. The van der Waals surface area contributed by atoms with Crippen LogP contribution in [0.5, 0.6) is 0 Å². The molecule has 0 spiro atoms. The fourth-order valence-corrected chi connectivity index (χ4v) is 5.09. The highest BCUT2D eigenvalue weighted by Crippen LogP contribution is 2.39. The quantitative estimate of drug-likeness (QED) is 0.131. The van der Waals surface area contributed by atoms with Gasteiger partial charge in [0.05, 0.1) is 7.11 Å². The second-order valence-corrected chi connectivity index (χ2v) is 9.81. The monoisotopic (exact) mass is 526 g/mol. The van der Waals surface area contributed by atoms with Gasteiger partial charge in [-0.05, 0) is 77.4 Å². The zero-order valence-electron chi connectivity index (χ0n) is 22.3. The Hall–Kier alpha value is -4.16. The number of carbonyl (C=O) groups is 1. The molecule has 1 aliphatic rings. The van der Waals surface area contributed by atoms with Crippen LogP contribution in [0.3, 0.4) is 0 Å². The minimum atomic E-state index is -1.30. The van der Waals surface area contributed by atoms with Crippen molar-refractivity contribution in [1.82, 2.24) is 0 Å². The van der Waals surface area contributed by atoms with Gasteiger partial charge in [0.15, 0.2) is 6.23 Å². The number of carbonyl (C=O) groups excluding carboxylic acids is 1. The topological polar surface area (TPSA) is 75.8 Å². The van der Waals surface area contributed by atoms with E-state index in [9.17, 15) is 9.90 Å². The molecule has 0 bridgehead atoms. The van der Waals surface area contributed by atoms with Gasteiger partial charge in [-0.2, -0.15) is 0 Å². The first-order valence-electron chi connectivity index (χ1n) is 13.2. The normalized spacial score (nSPS) is 14.6. The Labute approximate surface area is 229 Å². The van der Waals surface area contributed by atoms with Crippen molar-refractivity contribution in [3.8, 4) is 11.1 Å². The van der Waals surface area contributed by atoms with E-state index in [1.165, 1.54) is 25.7 Å². The summed E-state index contributed by atoms with van der Waals surface area (Å²) in [6.07, 6.45) is 8.63. The Bertz CT molecular complexity index is 1390. The number of esters is 1. The third-order valence-electron chi connectivity index (χ3n) is 7.31. The molecule has 1 saturated carbocycles. The van der Waals surface area contributed by atoms with E-state index in [1.54, 1.807) is 35.3 Å². The van der Waals surface area contributed by atoms with Gasteiger partial charge in [-0.15, -0.1) is 0 Å². The number of rotatable bonds is 9. The third kappa shape index (κ3) is 6.47. The zero-order chi connectivity index (χ0) is 27.9. The maximum absolute atomic E-state index is 15.6. The number of nitrogens with two attached hydrogens (primary N) is 1. The molecule has 3 N–H and O–H groups in total. The van der Waals surface area contributed by atoms with E-state index in [1.807, 2.05) is 36.4 Å². The van der Waals surface area contributed by atoms with Crippen LogP contribution in [0, 0.1) is 11.7 Å². The van der Waals surface area contributed by atoms with Crippen LogP contribution in [0.15, 0.2) is 85.6 Å². The number of aliphatic hydroxyl groups is 1. The Morgan fingerprint density at radius 1 is 1.10 bits per heavy atom. The van der Waals surface area contributed by atoms with Crippen LogP contribution in [-0.2, 0) is 9.53 Å². The first kappa shape index (κ1) is 27.9. The van der Waals surface area contributed by atoms with Crippen molar-refractivity contribution in [3.05, 3.63) is 108 Å². The maximum Gasteiger partial charge on any atom is 0.330 e. The van der Waals surface area contributed by atoms with Crippen molar-refractivity contribution in [1.29, 1.82) is 0 Å². The van der Waals surface area contributed by atoms with Crippen LogP contribution in [0.25, 0.3) is 23.3 Å². The lowest BCUT2D eigenvalue weighted by Crippen LogP contribution is -2.32. The minimum Gasteiger partial charge on any atom is -0.466 e. The van der Waals surface area contributed by atoms with E-state index in [0.29, 0.717) is 16.9 Å². The molecule has 0 amide bonds. The standard InChI is InChI=1S/C33H35FN2O3/c1-4-24-20-26(15-17-31(24)35)27-14-16-29(30(34)21-27)33(38)36(22(2)25-10-6-5-7-11-25)28-12-8-9-23(19-28)13-18-32(37)39-3/h4,8-9,12-21,25,33,38H,1-2,5-7,10-11,35H2,3H3/b18-13+. The summed E-state index contributed by atoms with van der Waals surface area (Å²) < 4.78 is 20.3. The SMILES string of the molecule is C=Cc1cc(-c2ccc(C(O)N(C(=C)C3CCCCC3)c3cccc(/C=C/C(=O)OC)c3)c(F)c2)ccc1N. The van der Waals surface area contributed by atoms with Gasteiger partial charge >= 0.3 is 5.97 Å². The minimum absolute atomic E-state index is 0.144. The van der Waals surface area contributed by atoms with Crippen molar-refractivity contribution in [2.24, 2.45) is 5.92 Å². The molecule has 0 aromatic heterocycles. The summed E-state index contributed by atoms with van der Waals surface area (Å²) in [7, 11) is 1.32. The van der Waals surface area contributed by atoms with E-state index >= 15 is 4.39 Å². The highest BCUT2D eigenvalue weighted by Gasteiger charge is 2.29. The van der Waals surface area contributed by atoms with E-state index < -0.39 is 18.0 Å². The van der Waals surface area contributed by atoms with Gasteiger partial charge in [-0.1, -0.05) is 68.8 Å². The highest BCUT2D eigenvalue weighted by molar-refractivity contribution is 5.87. The molecule has 0 aliphatic heterocycles. The number of benzene rings is 3. The van der Waals surface area contributed by atoms with Crippen molar-refractivity contribution in [3.63, 3.8) is 0 Å². The number of allylic oxidation sites excluding steroid dienone is 1. The predicted molar refractivity (Wildman–Crippen MR) is 157 cm³/mol. The number of aliphatic hydroxyl groups excluding tert-OH is 1.